The number of hydrogen-bond donors (Lipinski definition) is 3. The molecule has 0 heterocycles. The highest BCUT2D eigenvalue weighted by Gasteiger charge is 2.13. The molecule has 0 aromatic heterocycles. The highest BCUT2D eigenvalue weighted by Crippen LogP contribution is 2.31. The molecule has 0 aliphatic carbocycles. The number of halogens is 1. The summed E-state index contributed by atoms with van der Waals surface area (Å²) in [6.45, 7) is 0. The average molecular weight is 301 g/mol. The highest BCUT2D eigenvalue weighted by atomic mass is 35.5. The lowest BCUT2D eigenvalue weighted by molar-refractivity contribution is 0.100. The lowest BCUT2D eigenvalue weighted by atomic mass is 10.1. The third-order valence-corrected chi connectivity index (χ3v) is 3.18. The Labute approximate surface area is 127 Å². The van der Waals surface area contributed by atoms with Crippen LogP contribution in [0.15, 0.2) is 36.4 Å². The monoisotopic (exact) mass is 300 g/mol. The molecule has 2 rings (SSSR count). The lowest BCUT2D eigenvalue weighted by Gasteiger charge is -2.13. The van der Waals surface area contributed by atoms with Gasteiger partial charge in [0, 0.05) is 11.4 Å². The number of rotatable bonds is 4. The summed E-state index contributed by atoms with van der Waals surface area (Å²) < 4.78 is 0. The summed E-state index contributed by atoms with van der Waals surface area (Å²) in [5.41, 5.74) is 13.6. The van der Waals surface area contributed by atoms with Crippen LogP contribution >= 0.6 is 11.6 Å². The van der Waals surface area contributed by atoms with Crippen molar-refractivity contribution in [3.8, 4) is 6.07 Å². The first-order chi connectivity index (χ1) is 10.0. The predicted molar refractivity (Wildman–Crippen MR) is 83.4 cm³/mol. The fraction of sp³-hybridized carbons (Fsp3) is 0.0667. The average Bonchev–Trinajstić information content (AvgIpc) is 2.43. The summed E-state index contributed by atoms with van der Waals surface area (Å²) in [7, 11) is 0. The van der Waals surface area contributed by atoms with E-state index >= 15 is 0 Å². The van der Waals surface area contributed by atoms with Crippen LogP contribution in [-0.2, 0) is 6.42 Å². The Morgan fingerprint density at radius 3 is 2.52 bits per heavy atom. The van der Waals surface area contributed by atoms with Gasteiger partial charge < -0.3 is 16.8 Å². The Balaban J connectivity index is 2.35. The van der Waals surface area contributed by atoms with Crippen molar-refractivity contribution in [2.24, 2.45) is 5.73 Å². The van der Waals surface area contributed by atoms with Gasteiger partial charge in [-0.2, -0.15) is 5.26 Å². The molecule has 0 bridgehead atoms. The number of primary amides is 1. The first kappa shape index (κ1) is 14.7. The second kappa shape index (κ2) is 6.16. The van der Waals surface area contributed by atoms with Crippen LogP contribution < -0.4 is 16.8 Å². The van der Waals surface area contributed by atoms with Crippen LogP contribution in [0.25, 0.3) is 0 Å². The van der Waals surface area contributed by atoms with E-state index in [0.29, 0.717) is 22.8 Å². The summed E-state index contributed by atoms with van der Waals surface area (Å²) in [6.07, 6.45) is 0.343. The largest absolute Gasteiger partial charge is 0.399 e. The third-order valence-electron chi connectivity index (χ3n) is 2.88. The molecule has 0 unspecified atom stereocenters. The summed E-state index contributed by atoms with van der Waals surface area (Å²) >= 11 is 6.12. The molecule has 0 fully saturated rings. The van der Waals surface area contributed by atoms with Crippen molar-refractivity contribution in [3.63, 3.8) is 0 Å². The molecule has 0 saturated heterocycles. The molecule has 1 amide bonds. The molecule has 0 spiro atoms. The fourth-order valence-corrected chi connectivity index (χ4v) is 2.17. The van der Waals surface area contributed by atoms with E-state index in [0.717, 1.165) is 11.3 Å². The highest BCUT2D eigenvalue weighted by molar-refractivity contribution is 6.34. The first-order valence-electron chi connectivity index (χ1n) is 6.13. The second-order valence-electron chi connectivity index (χ2n) is 4.45. The van der Waals surface area contributed by atoms with Crippen molar-refractivity contribution in [1.29, 1.82) is 5.26 Å². The van der Waals surface area contributed by atoms with Gasteiger partial charge in [-0.3, -0.25) is 4.79 Å². The number of nitrogen functional groups attached to an aromatic ring is 1. The van der Waals surface area contributed by atoms with Gasteiger partial charge in [0.05, 0.1) is 28.8 Å². The van der Waals surface area contributed by atoms with Crippen LogP contribution in [0, 0.1) is 11.3 Å². The van der Waals surface area contributed by atoms with Gasteiger partial charge in [0.15, 0.2) is 0 Å². The number of nitrogens with zero attached hydrogens (tertiary/aromatic N) is 1. The number of carbonyl (C=O) groups is 1. The number of amides is 1. The molecule has 5 N–H and O–H groups in total. The standard InChI is InChI=1S/C15H13ClN4O/c16-13-8-10(18)7-12(15(19)21)14(13)20-11-3-1-9(2-4-11)5-6-17/h1-4,7-8,20H,5,18H2,(H2,19,21). The zero-order valence-corrected chi connectivity index (χ0v) is 11.8. The van der Waals surface area contributed by atoms with Crippen molar-refractivity contribution < 1.29 is 4.79 Å². The number of nitrogens with one attached hydrogen (secondary N) is 1. The van der Waals surface area contributed by atoms with Crippen LogP contribution in [0.1, 0.15) is 15.9 Å². The SMILES string of the molecule is N#CCc1ccc(Nc2c(Cl)cc(N)cc2C(N)=O)cc1. The summed E-state index contributed by atoms with van der Waals surface area (Å²) in [6, 6.07) is 12.3. The maximum absolute atomic E-state index is 11.5. The molecule has 5 nitrogen and oxygen atoms in total. The van der Waals surface area contributed by atoms with Crippen molar-refractivity contribution in [2.45, 2.75) is 6.42 Å². The van der Waals surface area contributed by atoms with Gasteiger partial charge in [-0.05, 0) is 29.8 Å². The molecular formula is C15H13ClN4O. The molecule has 6 heteroatoms. The van der Waals surface area contributed by atoms with E-state index in [1.54, 1.807) is 18.2 Å². The summed E-state index contributed by atoms with van der Waals surface area (Å²) in [5, 5.41) is 12.0. The molecule has 21 heavy (non-hydrogen) atoms. The Hall–Kier alpha value is -2.71. The van der Waals surface area contributed by atoms with E-state index < -0.39 is 5.91 Å². The second-order valence-corrected chi connectivity index (χ2v) is 4.85. The minimum atomic E-state index is -0.618. The topological polar surface area (TPSA) is 105 Å². The van der Waals surface area contributed by atoms with Crippen LogP contribution in [-0.4, -0.2) is 5.91 Å². The number of nitrogens with two attached hydrogens (primary N) is 2. The van der Waals surface area contributed by atoms with Gasteiger partial charge in [-0.25, -0.2) is 0 Å². The zero-order valence-electron chi connectivity index (χ0n) is 11.1. The van der Waals surface area contributed by atoms with Crippen LogP contribution in [0.5, 0.6) is 0 Å². The van der Waals surface area contributed by atoms with Gasteiger partial charge >= 0.3 is 0 Å². The van der Waals surface area contributed by atoms with Crippen LogP contribution in [0.4, 0.5) is 17.1 Å². The van der Waals surface area contributed by atoms with Crippen molar-refractivity contribution >= 4 is 34.6 Å². The van der Waals surface area contributed by atoms with Gasteiger partial charge in [0.2, 0.25) is 0 Å². The number of carbonyl (C=O) groups excluding carboxylic acids is 1. The minimum absolute atomic E-state index is 0.223. The predicted octanol–water partition coefficient (Wildman–Crippen LogP) is 2.83. The van der Waals surface area contributed by atoms with Crippen molar-refractivity contribution in [2.75, 3.05) is 11.1 Å². The smallest absolute Gasteiger partial charge is 0.250 e. The molecule has 106 valence electrons. The normalized spacial score (nSPS) is 9.90. The van der Waals surface area contributed by atoms with Gasteiger partial charge in [-0.1, -0.05) is 23.7 Å². The van der Waals surface area contributed by atoms with Gasteiger partial charge in [0.25, 0.3) is 5.91 Å². The zero-order chi connectivity index (χ0) is 15.4. The number of anilines is 3. The molecule has 0 aliphatic heterocycles. The van der Waals surface area contributed by atoms with E-state index in [9.17, 15) is 4.79 Å². The molecular weight excluding hydrogens is 288 g/mol. The Bertz CT molecular complexity index is 720. The van der Waals surface area contributed by atoms with Gasteiger partial charge in [0.1, 0.15) is 0 Å². The fourth-order valence-electron chi connectivity index (χ4n) is 1.89. The molecule has 0 radical (unpaired) electrons. The summed E-state index contributed by atoms with van der Waals surface area (Å²) in [4.78, 5) is 11.5. The first-order valence-corrected chi connectivity index (χ1v) is 6.51. The van der Waals surface area contributed by atoms with E-state index in [2.05, 4.69) is 11.4 Å². The molecule has 2 aromatic carbocycles. The summed E-state index contributed by atoms with van der Waals surface area (Å²) in [5.74, 6) is -0.618. The van der Waals surface area contributed by atoms with E-state index in [1.807, 2.05) is 12.1 Å². The maximum atomic E-state index is 11.5. The Morgan fingerprint density at radius 1 is 1.29 bits per heavy atom. The molecule has 0 saturated carbocycles. The third kappa shape index (κ3) is 3.44. The lowest BCUT2D eigenvalue weighted by Crippen LogP contribution is -2.14. The Morgan fingerprint density at radius 2 is 1.95 bits per heavy atom. The molecule has 0 atom stereocenters. The van der Waals surface area contributed by atoms with Gasteiger partial charge in [-0.15, -0.1) is 0 Å². The Kier molecular flexibility index (Phi) is 4.31. The van der Waals surface area contributed by atoms with Crippen LogP contribution in [0.3, 0.4) is 0 Å². The van der Waals surface area contributed by atoms with Crippen LogP contribution in [0.2, 0.25) is 5.02 Å². The number of hydrogen-bond acceptors (Lipinski definition) is 4. The molecule has 2 aromatic rings. The number of benzene rings is 2. The van der Waals surface area contributed by atoms with E-state index in [1.165, 1.54) is 6.07 Å². The van der Waals surface area contributed by atoms with E-state index in [-0.39, 0.29) is 5.56 Å². The maximum Gasteiger partial charge on any atom is 0.250 e. The number of nitriles is 1. The minimum Gasteiger partial charge on any atom is -0.399 e. The van der Waals surface area contributed by atoms with E-state index in [4.69, 9.17) is 28.3 Å². The quantitative estimate of drug-likeness (QED) is 0.755. The van der Waals surface area contributed by atoms with Crippen molar-refractivity contribution in [3.05, 3.63) is 52.5 Å². The van der Waals surface area contributed by atoms with Crippen molar-refractivity contribution in [1.82, 2.24) is 0 Å². The molecule has 0 aliphatic rings.